The van der Waals surface area contributed by atoms with E-state index in [-0.39, 0.29) is 64.0 Å². The number of unbranched alkanes of at least 4 members (excludes halogenated alkanes) is 17. The summed E-state index contributed by atoms with van der Waals surface area (Å²) in [5.41, 5.74) is 2.49. The molecule has 0 aromatic heterocycles. The number of hydrogen-bond donors (Lipinski definition) is 3. The second-order valence-corrected chi connectivity index (χ2v) is 17.7. The fourth-order valence-electron chi connectivity index (χ4n) is 5.96. The summed E-state index contributed by atoms with van der Waals surface area (Å²) >= 11 is 1.52. The Morgan fingerprint density at radius 1 is 0.661 bits per heavy atom. The molecule has 0 aromatic carbocycles. The number of amides is 2. The number of hydrogen-bond acceptors (Lipinski definition) is 10. The topological polar surface area (TPSA) is 147 Å². The number of ether oxygens (including phenoxy) is 3. The number of nitrogens with one attached hydrogen (secondary N) is 2. The van der Waals surface area contributed by atoms with Gasteiger partial charge in [0.1, 0.15) is 0 Å². The van der Waals surface area contributed by atoms with E-state index >= 15 is 0 Å². The van der Waals surface area contributed by atoms with Gasteiger partial charge in [0.25, 0.3) is 0 Å². The molecule has 0 aliphatic rings. The third-order valence-electron chi connectivity index (χ3n) is 9.25. The van der Waals surface area contributed by atoms with Gasteiger partial charge in [0.2, 0.25) is 11.8 Å². The Morgan fingerprint density at radius 3 is 1.70 bits per heavy atom. The molecule has 2 amide bonds. The fraction of sp³-hybridized carbons (Fsp3) is 0.951. The summed E-state index contributed by atoms with van der Waals surface area (Å²) in [4.78, 5) is 25.4. The zero-order valence-electron chi connectivity index (χ0n) is 35.7. The van der Waals surface area contributed by atoms with Gasteiger partial charge in [-0.2, -0.15) is 20.5 Å². The summed E-state index contributed by atoms with van der Waals surface area (Å²) in [5.74, 6) is 0.705. The highest BCUT2D eigenvalue weighted by atomic mass is 32.2. The first-order valence-electron chi connectivity index (χ1n) is 22.0. The van der Waals surface area contributed by atoms with E-state index in [1.165, 1.54) is 122 Å². The predicted molar refractivity (Wildman–Crippen MR) is 227 cm³/mol. The minimum atomic E-state index is -4.57. The van der Waals surface area contributed by atoms with Gasteiger partial charge in [-0.25, -0.2) is 0 Å². The van der Waals surface area contributed by atoms with Crippen molar-refractivity contribution < 1.29 is 46.2 Å². The number of halogens is 2. The van der Waals surface area contributed by atoms with Crippen LogP contribution in [0.15, 0.2) is 0 Å². The fourth-order valence-corrected chi connectivity index (χ4v) is 8.46. The number of carbonyl (C=O) groups excluding carboxylic acids is 2. The number of rotatable bonds is 43. The molecule has 0 saturated carbocycles. The molecular formula is C41H82F2N3O8PS. The minimum Gasteiger partial charge on any atom is -0.379 e. The Bertz CT molecular complexity index is 966. The Balaban J connectivity index is 4.42. The summed E-state index contributed by atoms with van der Waals surface area (Å²) in [6, 6.07) is -0.898. The minimum absolute atomic E-state index is 0.0421. The second kappa shape index (κ2) is 38.3. The van der Waals surface area contributed by atoms with Gasteiger partial charge in [0, 0.05) is 37.5 Å². The molecule has 0 radical (unpaired) electrons. The molecule has 334 valence electrons. The van der Waals surface area contributed by atoms with E-state index in [2.05, 4.69) is 24.5 Å². The Labute approximate surface area is 344 Å². The summed E-state index contributed by atoms with van der Waals surface area (Å²) in [6.45, 7) is 8.46. The van der Waals surface area contributed by atoms with Gasteiger partial charge in [-0.3, -0.25) is 14.2 Å². The van der Waals surface area contributed by atoms with E-state index in [1.54, 1.807) is 0 Å². The first-order valence-corrected chi connectivity index (χ1v) is 24.7. The lowest BCUT2D eigenvalue weighted by atomic mass is 10.1. The zero-order chi connectivity index (χ0) is 41.6. The summed E-state index contributed by atoms with van der Waals surface area (Å²) in [7, 11) is -4.57. The molecule has 0 aliphatic carbocycles. The molecule has 56 heavy (non-hydrogen) atoms. The molecule has 0 spiro atoms. The van der Waals surface area contributed by atoms with Crippen molar-refractivity contribution in [3.05, 3.63) is 0 Å². The van der Waals surface area contributed by atoms with Crippen molar-refractivity contribution in [1.82, 2.24) is 10.6 Å². The van der Waals surface area contributed by atoms with E-state index < -0.39 is 25.7 Å². The van der Waals surface area contributed by atoms with Crippen molar-refractivity contribution >= 4 is 31.2 Å². The van der Waals surface area contributed by atoms with Crippen molar-refractivity contribution in [3.8, 4) is 0 Å². The van der Waals surface area contributed by atoms with Crippen LogP contribution in [0.1, 0.15) is 163 Å². The van der Waals surface area contributed by atoms with Crippen LogP contribution in [-0.4, -0.2) is 100 Å². The molecule has 0 saturated heterocycles. The van der Waals surface area contributed by atoms with Crippen molar-refractivity contribution in [1.29, 1.82) is 0 Å². The first-order chi connectivity index (χ1) is 27.1. The van der Waals surface area contributed by atoms with Crippen LogP contribution < -0.4 is 16.4 Å². The molecule has 0 aromatic rings. The average molecular weight is 846 g/mol. The molecule has 4 N–H and O–H groups in total. The lowest BCUT2D eigenvalue weighted by Crippen LogP contribution is -2.44. The van der Waals surface area contributed by atoms with Crippen molar-refractivity contribution in [2.75, 3.05) is 70.9 Å². The highest BCUT2D eigenvalue weighted by molar-refractivity contribution is 7.99. The predicted octanol–water partition coefficient (Wildman–Crippen LogP) is 9.79. The largest absolute Gasteiger partial charge is 0.399 e. The molecule has 0 unspecified atom stereocenters. The van der Waals surface area contributed by atoms with E-state index in [1.807, 2.05) is 0 Å². The molecule has 15 heteroatoms. The maximum Gasteiger partial charge on any atom is 0.399 e. The van der Waals surface area contributed by atoms with Crippen molar-refractivity contribution in [3.63, 3.8) is 0 Å². The standard InChI is InChI=1S/C41H82F2N3O8PS/c1-5-9-11-13-15-17-19-21-23-25-29-52-34-37(46-39(47)26-24-22-20-18-16-14-12-10-6-2)35-56-36-38(44)40(48)45-28-31-51-33-32-50-30-27-41(42,43)55(49,53-7-3)54-8-4/h37-38H,5-36,44H2,1-4H3,(H,45,48)(H,46,47)/t37-,38+/m1/s1. The van der Waals surface area contributed by atoms with E-state index in [0.717, 1.165) is 25.7 Å². The normalized spacial score (nSPS) is 13.2. The molecular weight excluding hydrogens is 764 g/mol. The van der Waals surface area contributed by atoms with Gasteiger partial charge in [-0.1, -0.05) is 123 Å². The number of carbonyl (C=O) groups is 2. The molecule has 0 rings (SSSR count). The van der Waals surface area contributed by atoms with Crippen LogP contribution in [0.2, 0.25) is 0 Å². The molecule has 11 nitrogen and oxygen atoms in total. The molecule has 0 fully saturated rings. The number of thioether (sulfide) groups is 1. The molecule has 0 heterocycles. The SMILES string of the molecule is CCCCCCCCCCCCOC[C@H](CSC[C@H](N)C(=O)NCCOCCOCCC(F)(F)P(=O)(OCC)OCC)NC(=O)CCCCCCCCCCC. The van der Waals surface area contributed by atoms with Gasteiger partial charge in [-0.15, -0.1) is 0 Å². The summed E-state index contributed by atoms with van der Waals surface area (Å²) in [5, 5.41) is 5.91. The van der Waals surface area contributed by atoms with Crippen LogP contribution >= 0.6 is 19.4 Å². The van der Waals surface area contributed by atoms with Crippen molar-refractivity contribution in [2.45, 2.75) is 180 Å². The van der Waals surface area contributed by atoms with Crippen molar-refractivity contribution in [2.24, 2.45) is 5.73 Å². The number of alkyl halides is 2. The quantitative estimate of drug-likeness (QED) is 0.0400. The van der Waals surface area contributed by atoms with Gasteiger partial charge in [0.15, 0.2) is 0 Å². The maximum absolute atomic E-state index is 14.4. The Hall–Kier alpha value is -0.860. The summed E-state index contributed by atoms with van der Waals surface area (Å²) < 4.78 is 67.3. The van der Waals surface area contributed by atoms with Gasteiger partial charge in [-0.05, 0) is 26.7 Å². The third-order valence-corrected chi connectivity index (χ3v) is 12.7. The van der Waals surface area contributed by atoms with E-state index in [4.69, 9.17) is 29.0 Å². The first kappa shape index (κ1) is 55.1. The number of nitrogens with two attached hydrogens (primary N) is 1. The monoisotopic (exact) mass is 846 g/mol. The molecule has 0 bridgehead atoms. The molecule has 0 aliphatic heterocycles. The van der Waals surface area contributed by atoms with Crippen LogP contribution in [0, 0.1) is 0 Å². The van der Waals surface area contributed by atoms with Gasteiger partial charge in [0.05, 0.1) is 58.3 Å². The average Bonchev–Trinajstić information content (AvgIpc) is 3.16. The molecule has 2 atom stereocenters. The lowest BCUT2D eigenvalue weighted by molar-refractivity contribution is -0.123. The highest BCUT2D eigenvalue weighted by Gasteiger charge is 2.52. The zero-order valence-corrected chi connectivity index (χ0v) is 37.4. The van der Waals surface area contributed by atoms with Crippen LogP contribution in [0.5, 0.6) is 0 Å². The van der Waals surface area contributed by atoms with E-state index in [9.17, 15) is 22.9 Å². The van der Waals surface area contributed by atoms with Crippen LogP contribution in [0.4, 0.5) is 8.78 Å². The van der Waals surface area contributed by atoms with Gasteiger partial charge < -0.3 is 39.6 Å². The third kappa shape index (κ3) is 31.1. The van der Waals surface area contributed by atoms with E-state index in [0.29, 0.717) is 31.1 Å². The summed E-state index contributed by atoms with van der Waals surface area (Å²) in [6.07, 6.45) is 23.2. The Morgan fingerprint density at radius 2 is 1.16 bits per heavy atom. The second-order valence-electron chi connectivity index (χ2n) is 14.5. The van der Waals surface area contributed by atoms with Crippen LogP contribution in [0.25, 0.3) is 0 Å². The lowest BCUT2D eigenvalue weighted by Gasteiger charge is -2.25. The Kier molecular flexibility index (Phi) is 37.8. The smallest absolute Gasteiger partial charge is 0.379 e. The highest BCUT2D eigenvalue weighted by Crippen LogP contribution is 2.63. The maximum atomic E-state index is 14.4. The van der Waals surface area contributed by atoms with Gasteiger partial charge >= 0.3 is 13.3 Å². The van der Waals surface area contributed by atoms with Crippen LogP contribution in [-0.2, 0) is 37.4 Å². The van der Waals surface area contributed by atoms with Crippen LogP contribution in [0.3, 0.4) is 0 Å².